The summed E-state index contributed by atoms with van der Waals surface area (Å²) >= 11 is 0. The molecular weight excluding hydrogens is 242 g/mol. The Morgan fingerprint density at radius 3 is 2.42 bits per heavy atom. The Hall–Kier alpha value is -1.84. The van der Waals surface area contributed by atoms with Crippen molar-refractivity contribution in [2.75, 3.05) is 0 Å². The quantitative estimate of drug-likeness (QED) is 0.793. The van der Waals surface area contributed by atoms with E-state index in [4.69, 9.17) is 5.11 Å². The van der Waals surface area contributed by atoms with Crippen LogP contribution in [0.4, 0.5) is 0 Å². The summed E-state index contributed by atoms with van der Waals surface area (Å²) in [6.45, 7) is 3.44. The van der Waals surface area contributed by atoms with Crippen LogP contribution < -0.4 is 5.32 Å². The van der Waals surface area contributed by atoms with Crippen LogP contribution in [0.25, 0.3) is 0 Å². The SMILES string of the molecule is CC(C)(CC(=O)O)NC(=O)CCCc1ccccc1. The third kappa shape index (κ3) is 6.60. The molecule has 4 heteroatoms. The molecule has 4 nitrogen and oxygen atoms in total. The van der Waals surface area contributed by atoms with Gasteiger partial charge in [-0.05, 0) is 32.3 Å². The van der Waals surface area contributed by atoms with Crippen LogP contribution in [0.5, 0.6) is 0 Å². The predicted molar refractivity (Wildman–Crippen MR) is 73.9 cm³/mol. The van der Waals surface area contributed by atoms with Crippen molar-refractivity contribution in [1.82, 2.24) is 5.32 Å². The van der Waals surface area contributed by atoms with Crippen LogP contribution in [0, 0.1) is 0 Å². The molecule has 104 valence electrons. The van der Waals surface area contributed by atoms with Gasteiger partial charge in [0.25, 0.3) is 0 Å². The van der Waals surface area contributed by atoms with Gasteiger partial charge in [-0.15, -0.1) is 0 Å². The first kappa shape index (κ1) is 15.2. The largest absolute Gasteiger partial charge is 0.481 e. The number of hydrogen-bond donors (Lipinski definition) is 2. The molecule has 0 radical (unpaired) electrons. The molecule has 0 fully saturated rings. The Kier molecular flexibility index (Phi) is 5.55. The zero-order valence-corrected chi connectivity index (χ0v) is 11.5. The number of benzene rings is 1. The lowest BCUT2D eigenvalue weighted by molar-refractivity contribution is -0.138. The van der Waals surface area contributed by atoms with E-state index in [-0.39, 0.29) is 12.3 Å². The first-order chi connectivity index (χ1) is 8.89. The Bertz CT molecular complexity index is 426. The molecular formula is C15H21NO3. The van der Waals surface area contributed by atoms with Crippen LogP contribution in [-0.4, -0.2) is 22.5 Å². The average Bonchev–Trinajstić information content (AvgIpc) is 2.27. The van der Waals surface area contributed by atoms with Crippen molar-refractivity contribution in [2.45, 2.75) is 45.1 Å². The minimum absolute atomic E-state index is 0.0720. The minimum atomic E-state index is -0.908. The standard InChI is InChI=1S/C15H21NO3/c1-15(2,11-14(18)19)16-13(17)10-6-9-12-7-4-3-5-8-12/h3-5,7-8H,6,9-11H2,1-2H3,(H,16,17)(H,18,19). The van der Waals surface area contributed by atoms with E-state index in [1.54, 1.807) is 13.8 Å². The highest BCUT2D eigenvalue weighted by Crippen LogP contribution is 2.10. The van der Waals surface area contributed by atoms with E-state index < -0.39 is 11.5 Å². The molecule has 0 aromatic heterocycles. The van der Waals surface area contributed by atoms with E-state index in [0.29, 0.717) is 6.42 Å². The summed E-state index contributed by atoms with van der Waals surface area (Å²) in [6.07, 6.45) is 1.96. The molecule has 0 heterocycles. The number of aryl methyl sites for hydroxylation is 1. The van der Waals surface area contributed by atoms with Gasteiger partial charge in [-0.3, -0.25) is 9.59 Å². The number of hydrogen-bond acceptors (Lipinski definition) is 2. The monoisotopic (exact) mass is 263 g/mol. The normalized spacial score (nSPS) is 11.1. The number of carboxylic acid groups (broad SMARTS) is 1. The second-order valence-corrected chi connectivity index (χ2v) is 5.34. The molecule has 0 atom stereocenters. The smallest absolute Gasteiger partial charge is 0.305 e. The maximum Gasteiger partial charge on any atom is 0.305 e. The first-order valence-electron chi connectivity index (χ1n) is 6.46. The van der Waals surface area contributed by atoms with Crippen LogP contribution in [-0.2, 0) is 16.0 Å². The molecule has 0 unspecified atom stereocenters. The van der Waals surface area contributed by atoms with E-state index in [2.05, 4.69) is 5.32 Å². The number of nitrogens with one attached hydrogen (secondary N) is 1. The second kappa shape index (κ2) is 6.92. The van der Waals surface area contributed by atoms with Crippen molar-refractivity contribution in [1.29, 1.82) is 0 Å². The van der Waals surface area contributed by atoms with Crippen molar-refractivity contribution < 1.29 is 14.7 Å². The zero-order chi connectivity index (χ0) is 14.3. The lowest BCUT2D eigenvalue weighted by Crippen LogP contribution is -2.44. The molecule has 19 heavy (non-hydrogen) atoms. The molecule has 1 aromatic carbocycles. The number of carbonyl (C=O) groups is 2. The van der Waals surface area contributed by atoms with Gasteiger partial charge in [-0.2, -0.15) is 0 Å². The summed E-state index contributed by atoms with van der Waals surface area (Å²) in [6, 6.07) is 9.99. The number of amides is 1. The summed E-state index contributed by atoms with van der Waals surface area (Å²) in [4.78, 5) is 22.4. The van der Waals surface area contributed by atoms with E-state index >= 15 is 0 Å². The number of aliphatic carboxylic acids is 1. The van der Waals surface area contributed by atoms with E-state index in [1.165, 1.54) is 5.56 Å². The van der Waals surface area contributed by atoms with Gasteiger partial charge < -0.3 is 10.4 Å². The van der Waals surface area contributed by atoms with Gasteiger partial charge >= 0.3 is 5.97 Å². The fourth-order valence-corrected chi connectivity index (χ4v) is 1.96. The van der Waals surface area contributed by atoms with Gasteiger partial charge in [-0.25, -0.2) is 0 Å². The van der Waals surface area contributed by atoms with E-state index in [9.17, 15) is 9.59 Å². The Morgan fingerprint density at radius 2 is 1.84 bits per heavy atom. The van der Waals surface area contributed by atoms with Crippen LogP contribution in [0.2, 0.25) is 0 Å². The molecule has 1 aromatic rings. The molecule has 0 spiro atoms. The minimum Gasteiger partial charge on any atom is -0.481 e. The predicted octanol–water partition coefficient (Wildman–Crippen LogP) is 2.38. The van der Waals surface area contributed by atoms with Crippen molar-refractivity contribution in [2.24, 2.45) is 0 Å². The molecule has 0 saturated carbocycles. The van der Waals surface area contributed by atoms with Gasteiger partial charge in [0, 0.05) is 12.0 Å². The highest BCUT2D eigenvalue weighted by atomic mass is 16.4. The fourth-order valence-electron chi connectivity index (χ4n) is 1.96. The van der Waals surface area contributed by atoms with Crippen LogP contribution in [0.1, 0.15) is 38.7 Å². The van der Waals surface area contributed by atoms with Crippen molar-refractivity contribution in [3.63, 3.8) is 0 Å². The van der Waals surface area contributed by atoms with Crippen LogP contribution in [0.15, 0.2) is 30.3 Å². The van der Waals surface area contributed by atoms with Gasteiger partial charge in [0.2, 0.25) is 5.91 Å². The van der Waals surface area contributed by atoms with E-state index in [0.717, 1.165) is 12.8 Å². The third-order valence-corrected chi connectivity index (χ3v) is 2.78. The number of carboxylic acids is 1. The maximum atomic E-state index is 11.7. The highest BCUT2D eigenvalue weighted by molar-refractivity contribution is 5.78. The summed E-state index contributed by atoms with van der Waals surface area (Å²) in [5.41, 5.74) is 0.510. The lowest BCUT2D eigenvalue weighted by atomic mass is 10.00. The first-order valence-corrected chi connectivity index (χ1v) is 6.46. The molecule has 0 bridgehead atoms. The summed E-state index contributed by atoms with van der Waals surface area (Å²) in [5.74, 6) is -1.00. The Balaban J connectivity index is 2.30. The third-order valence-electron chi connectivity index (χ3n) is 2.78. The molecule has 1 rings (SSSR count). The Labute approximate surface area is 113 Å². The molecule has 0 aliphatic carbocycles. The fraction of sp³-hybridized carbons (Fsp3) is 0.467. The lowest BCUT2D eigenvalue weighted by Gasteiger charge is -2.24. The second-order valence-electron chi connectivity index (χ2n) is 5.34. The molecule has 0 aliphatic heterocycles. The van der Waals surface area contributed by atoms with Crippen molar-refractivity contribution in [3.8, 4) is 0 Å². The number of rotatable bonds is 7. The van der Waals surface area contributed by atoms with Crippen LogP contribution in [0.3, 0.4) is 0 Å². The summed E-state index contributed by atoms with van der Waals surface area (Å²) < 4.78 is 0. The summed E-state index contributed by atoms with van der Waals surface area (Å²) in [5, 5.41) is 11.5. The molecule has 0 saturated heterocycles. The van der Waals surface area contributed by atoms with Gasteiger partial charge in [0.05, 0.1) is 6.42 Å². The van der Waals surface area contributed by atoms with Gasteiger partial charge in [0.15, 0.2) is 0 Å². The van der Waals surface area contributed by atoms with Crippen molar-refractivity contribution in [3.05, 3.63) is 35.9 Å². The molecule has 1 amide bonds. The topological polar surface area (TPSA) is 66.4 Å². The van der Waals surface area contributed by atoms with Crippen molar-refractivity contribution >= 4 is 11.9 Å². The highest BCUT2D eigenvalue weighted by Gasteiger charge is 2.23. The average molecular weight is 263 g/mol. The molecule has 0 aliphatic rings. The number of carbonyl (C=O) groups excluding carboxylic acids is 1. The van der Waals surface area contributed by atoms with E-state index in [1.807, 2.05) is 30.3 Å². The summed E-state index contributed by atoms with van der Waals surface area (Å²) in [7, 11) is 0. The van der Waals surface area contributed by atoms with Gasteiger partial charge in [0.1, 0.15) is 0 Å². The zero-order valence-electron chi connectivity index (χ0n) is 11.5. The Morgan fingerprint density at radius 1 is 1.21 bits per heavy atom. The maximum absolute atomic E-state index is 11.7. The van der Waals surface area contributed by atoms with Gasteiger partial charge in [-0.1, -0.05) is 30.3 Å². The van der Waals surface area contributed by atoms with Crippen LogP contribution >= 0.6 is 0 Å². The molecule has 2 N–H and O–H groups in total.